The Kier molecular flexibility index (Phi) is 3.73. The molecule has 1 N–H and O–H groups in total. The second-order valence-corrected chi connectivity index (χ2v) is 5.38. The number of rotatable bonds is 4. The first kappa shape index (κ1) is 14.4. The van der Waals surface area contributed by atoms with E-state index in [9.17, 15) is 4.79 Å². The predicted molar refractivity (Wildman–Crippen MR) is 84.7 cm³/mol. The molecule has 1 fully saturated rings. The third-order valence-corrected chi connectivity index (χ3v) is 3.50. The van der Waals surface area contributed by atoms with E-state index in [2.05, 4.69) is 5.32 Å². The van der Waals surface area contributed by atoms with Crippen LogP contribution in [-0.4, -0.2) is 18.7 Å². The van der Waals surface area contributed by atoms with Crippen LogP contribution in [-0.2, 0) is 9.63 Å². The molecule has 1 aliphatic rings. The van der Waals surface area contributed by atoms with Crippen molar-refractivity contribution in [2.45, 2.75) is 19.1 Å². The van der Waals surface area contributed by atoms with E-state index in [1.807, 2.05) is 61.5 Å². The number of methoxy groups -OCH3 is 1. The first-order valence-corrected chi connectivity index (χ1v) is 7.09. The van der Waals surface area contributed by atoms with Crippen molar-refractivity contribution in [1.82, 2.24) is 0 Å². The number of carbonyl (C=O) groups excluding carboxylic acids is 1. The summed E-state index contributed by atoms with van der Waals surface area (Å²) in [6.07, 6.45) is 0.258. The third-order valence-electron chi connectivity index (χ3n) is 3.50. The molecule has 0 saturated carbocycles. The van der Waals surface area contributed by atoms with Crippen molar-refractivity contribution in [2.75, 3.05) is 17.5 Å². The fourth-order valence-electron chi connectivity index (χ4n) is 2.45. The van der Waals surface area contributed by atoms with Crippen molar-refractivity contribution < 1.29 is 14.4 Å². The number of hydrogen-bond acceptors (Lipinski definition) is 4. The fraction of sp³-hybridized carbons (Fsp3) is 0.235. The Morgan fingerprint density at radius 3 is 2.45 bits per heavy atom. The summed E-state index contributed by atoms with van der Waals surface area (Å²) in [4.78, 5) is 18.1. The second-order valence-electron chi connectivity index (χ2n) is 5.38. The number of carbonyl (C=O) groups is 1. The van der Waals surface area contributed by atoms with Crippen LogP contribution in [0, 0.1) is 0 Å². The number of nitrogens with one attached hydrogen (secondary N) is 1. The van der Waals surface area contributed by atoms with Gasteiger partial charge in [0.15, 0.2) is 5.72 Å². The second kappa shape index (κ2) is 5.69. The summed E-state index contributed by atoms with van der Waals surface area (Å²) in [6.45, 7) is 1.86. The number of hydrogen-bond donors (Lipinski definition) is 1. The number of ether oxygens (including phenoxy) is 1. The van der Waals surface area contributed by atoms with Gasteiger partial charge in [-0.2, -0.15) is 5.06 Å². The molecule has 0 radical (unpaired) electrons. The summed E-state index contributed by atoms with van der Waals surface area (Å²) in [7, 11) is 1.63. The maximum Gasteiger partial charge on any atom is 0.255 e. The molecule has 2 aromatic carbocycles. The molecule has 1 atom stereocenters. The molecule has 3 rings (SSSR count). The van der Waals surface area contributed by atoms with Gasteiger partial charge >= 0.3 is 0 Å². The van der Waals surface area contributed by atoms with Crippen LogP contribution in [0.25, 0.3) is 0 Å². The summed E-state index contributed by atoms with van der Waals surface area (Å²) < 4.78 is 5.13. The zero-order valence-corrected chi connectivity index (χ0v) is 12.6. The lowest BCUT2D eigenvalue weighted by molar-refractivity contribution is -0.119. The molecule has 5 heteroatoms. The highest BCUT2D eigenvalue weighted by Gasteiger charge is 2.42. The molecule has 114 valence electrons. The Bertz CT molecular complexity index is 657. The largest absolute Gasteiger partial charge is 0.497 e. The zero-order valence-electron chi connectivity index (χ0n) is 12.6. The van der Waals surface area contributed by atoms with Crippen molar-refractivity contribution in [3.8, 4) is 5.75 Å². The standard InChI is InChI=1S/C17H18N2O3/c1-17(18-13-8-10-15(21-2)11-9-13)12-16(20)19(22-17)14-6-4-3-5-7-14/h3-11,18H,12H2,1-2H3/t17-/m1/s1. The zero-order chi connectivity index (χ0) is 15.6. The minimum Gasteiger partial charge on any atom is -0.497 e. The van der Waals surface area contributed by atoms with Crippen molar-refractivity contribution in [3.63, 3.8) is 0 Å². The fourth-order valence-corrected chi connectivity index (χ4v) is 2.45. The molecule has 0 spiro atoms. The van der Waals surface area contributed by atoms with E-state index < -0.39 is 5.72 Å². The van der Waals surface area contributed by atoms with Crippen molar-refractivity contribution in [2.24, 2.45) is 0 Å². The number of benzene rings is 2. The van der Waals surface area contributed by atoms with Crippen LogP contribution in [0.15, 0.2) is 54.6 Å². The van der Waals surface area contributed by atoms with Gasteiger partial charge in [-0.15, -0.1) is 0 Å². The maximum atomic E-state index is 12.2. The van der Waals surface area contributed by atoms with Crippen LogP contribution in [0.3, 0.4) is 0 Å². The van der Waals surface area contributed by atoms with Gasteiger partial charge < -0.3 is 10.1 Å². The van der Waals surface area contributed by atoms with Gasteiger partial charge in [0, 0.05) is 5.69 Å². The highest BCUT2D eigenvalue weighted by atomic mass is 16.7. The average Bonchev–Trinajstić information content (AvgIpc) is 2.83. The first-order chi connectivity index (χ1) is 10.6. The Balaban J connectivity index is 1.75. The van der Waals surface area contributed by atoms with Gasteiger partial charge in [-0.25, -0.2) is 4.84 Å². The lowest BCUT2D eigenvalue weighted by atomic mass is 10.1. The van der Waals surface area contributed by atoms with E-state index >= 15 is 0 Å². The van der Waals surface area contributed by atoms with Crippen molar-refractivity contribution >= 4 is 17.3 Å². The Hall–Kier alpha value is -2.53. The molecule has 0 bridgehead atoms. The summed E-state index contributed by atoms with van der Waals surface area (Å²) in [5.74, 6) is 0.708. The minimum absolute atomic E-state index is 0.0743. The van der Waals surface area contributed by atoms with Gasteiger partial charge in [0.25, 0.3) is 5.91 Å². The van der Waals surface area contributed by atoms with Gasteiger partial charge in [0.1, 0.15) is 5.75 Å². The molecule has 1 heterocycles. The van der Waals surface area contributed by atoms with Crippen LogP contribution >= 0.6 is 0 Å². The van der Waals surface area contributed by atoms with E-state index in [0.29, 0.717) is 0 Å². The van der Waals surface area contributed by atoms with Gasteiger partial charge in [-0.1, -0.05) is 18.2 Å². The van der Waals surface area contributed by atoms with E-state index in [1.54, 1.807) is 7.11 Å². The van der Waals surface area contributed by atoms with Gasteiger partial charge in [0.05, 0.1) is 19.2 Å². The molecule has 0 unspecified atom stereocenters. The van der Waals surface area contributed by atoms with E-state index in [1.165, 1.54) is 5.06 Å². The summed E-state index contributed by atoms with van der Waals surface area (Å²) in [5.41, 5.74) is 0.820. The van der Waals surface area contributed by atoms with Gasteiger partial charge in [0.2, 0.25) is 0 Å². The summed E-state index contributed by atoms with van der Waals surface area (Å²) in [5, 5.41) is 4.60. The third kappa shape index (κ3) is 2.89. The minimum atomic E-state index is -0.776. The lowest BCUT2D eigenvalue weighted by Crippen LogP contribution is -2.35. The molecule has 0 aliphatic carbocycles. The van der Waals surface area contributed by atoms with Gasteiger partial charge in [-0.3, -0.25) is 4.79 Å². The predicted octanol–water partition coefficient (Wildman–Crippen LogP) is 3.19. The molecule has 5 nitrogen and oxygen atoms in total. The number of anilines is 2. The lowest BCUT2D eigenvalue weighted by Gasteiger charge is -2.26. The molecule has 1 amide bonds. The molecular formula is C17H18N2O3. The van der Waals surface area contributed by atoms with Crippen LogP contribution in [0.2, 0.25) is 0 Å². The Morgan fingerprint density at radius 2 is 1.82 bits per heavy atom. The average molecular weight is 298 g/mol. The summed E-state index contributed by atoms with van der Waals surface area (Å²) >= 11 is 0. The Labute approximate surface area is 129 Å². The maximum absolute atomic E-state index is 12.2. The van der Waals surface area contributed by atoms with Crippen LogP contribution in [0.1, 0.15) is 13.3 Å². The van der Waals surface area contributed by atoms with Gasteiger partial charge in [-0.05, 0) is 43.3 Å². The van der Waals surface area contributed by atoms with Crippen molar-refractivity contribution in [3.05, 3.63) is 54.6 Å². The van der Waals surface area contributed by atoms with Crippen LogP contribution < -0.4 is 15.1 Å². The molecule has 2 aromatic rings. The topological polar surface area (TPSA) is 50.8 Å². The van der Waals surface area contributed by atoms with E-state index in [-0.39, 0.29) is 12.3 Å². The van der Waals surface area contributed by atoms with Crippen LogP contribution in [0.5, 0.6) is 5.75 Å². The normalized spacial score (nSPS) is 21.0. The molecule has 0 aromatic heterocycles. The van der Waals surface area contributed by atoms with Crippen LogP contribution in [0.4, 0.5) is 11.4 Å². The smallest absolute Gasteiger partial charge is 0.255 e. The number of hydroxylamine groups is 1. The highest BCUT2D eigenvalue weighted by molar-refractivity contribution is 5.94. The van der Waals surface area contributed by atoms with E-state index in [4.69, 9.17) is 9.57 Å². The number of nitrogens with zero attached hydrogens (tertiary/aromatic N) is 1. The molecule has 22 heavy (non-hydrogen) atoms. The monoisotopic (exact) mass is 298 g/mol. The summed E-state index contributed by atoms with van der Waals surface area (Å²) in [6, 6.07) is 16.8. The quantitative estimate of drug-likeness (QED) is 0.942. The SMILES string of the molecule is COc1ccc(N[C@@]2(C)CC(=O)N(c3ccccc3)O2)cc1. The number of para-hydroxylation sites is 1. The number of amides is 1. The molecular weight excluding hydrogens is 280 g/mol. The Morgan fingerprint density at radius 1 is 1.14 bits per heavy atom. The van der Waals surface area contributed by atoms with Crippen molar-refractivity contribution in [1.29, 1.82) is 0 Å². The molecule has 1 saturated heterocycles. The first-order valence-electron chi connectivity index (χ1n) is 7.09. The molecule has 1 aliphatic heterocycles. The highest BCUT2D eigenvalue weighted by Crippen LogP contribution is 2.32. The van der Waals surface area contributed by atoms with E-state index in [0.717, 1.165) is 17.1 Å².